The van der Waals surface area contributed by atoms with Crippen LogP contribution in [-0.2, 0) is 4.79 Å². The summed E-state index contributed by atoms with van der Waals surface area (Å²) in [6.45, 7) is 3.34. The Kier molecular flexibility index (Phi) is 8.38. The smallest absolute Gasteiger partial charge is 0.328 e. The van der Waals surface area contributed by atoms with Crippen molar-refractivity contribution in [1.82, 2.24) is 21.3 Å². The first kappa shape index (κ1) is 25.0. The van der Waals surface area contributed by atoms with E-state index in [-0.39, 0.29) is 6.54 Å². The molecule has 2 aromatic carbocycles. The van der Waals surface area contributed by atoms with Crippen molar-refractivity contribution < 1.29 is 19.5 Å². The molecule has 2 unspecified atom stereocenters. The first-order valence-corrected chi connectivity index (χ1v) is 12.3. The molecule has 1 fully saturated rings. The highest BCUT2D eigenvalue weighted by molar-refractivity contribution is 5.97. The van der Waals surface area contributed by atoms with Gasteiger partial charge in [-0.05, 0) is 55.7 Å². The first-order chi connectivity index (χ1) is 17.5. The summed E-state index contributed by atoms with van der Waals surface area (Å²) in [4.78, 5) is 43.3. The number of anilines is 1. The second-order valence-corrected chi connectivity index (χ2v) is 8.93. The number of nitrogens with zero attached hydrogens (tertiary/aromatic N) is 2. The Morgan fingerprint density at radius 2 is 1.78 bits per heavy atom. The van der Waals surface area contributed by atoms with E-state index in [1.807, 2.05) is 12.1 Å². The molecule has 2 amide bonds. The van der Waals surface area contributed by atoms with E-state index >= 15 is 0 Å². The zero-order valence-electron chi connectivity index (χ0n) is 20.1. The Balaban J connectivity index is 1.29. The van der Waals surface area contributed by atoms with Gasteiger partial charge in [-0.1, -0.05) is 18.2 Å². The lowest BCUT2D eigenvalue weighted by atomic mass is 10.0. The molecule has 0 saturated carbocycles. The van der Waals surface area contributed by atoms with Crippen LogP contribution in [0.4, 0.5) is 5.69 Å². The second kappa shape index (κ2) is 12.1. The Morgan fingerprint density at radius 3 is 2.47 bits per heavy atom. The molecule has 190 valence electrons. The Morgan fingerprint density at radius 1 is 1.03 bits per heavy atom. The minimum Gasteiger partial charge on any atom is -0.480 e. The molecule has 2 atom stereocenters. The second-order valence-electron chi connectivity index (χ2n) is 8.93. The van der Waals surface area contributed by atoms with E-state index in [0.717, 1.165) is 57.1 Å². The monoisotopic (exact) mass is 492 g/mol. The van der Waals surface area contributed by atoms with E-state index < -0.39 is 23.8 Å². The number of hydrogen-bond acceptors (Lipinski definition) is 7. The summed E-state index contributed by atoms with van der Waals surface area (Å²) in [5.41, 5.74) is 1.80. The number of aliphatic imine (C=N–C) groups is 1. The zero-order chi connectivity index (χ0) is 25.3. The van der Waals surface area contributed by atoms with Crippen LogP contribution in [0.3, 0.4) is 0 Å². The van der Waals surface area contributed by atoms with E-state index in [2.05, 4.69) is 31.2 Å². The van der Waals surface area contributed by atoms with Gasteiger partial charge in [0.25, 0.3) is 11.8 Å². The minimum atomic E-state index is -1.25. The molecule has 5 N–H and O–H groups in total. The largest absolute Gasteiger partial charge is 0.480 e. The Bertz CT molecular complexity index is 1090. The third kappa shape index (κ3) is 6.74. The van der Waals surface area contributed by atoms with Crippen molar-refractivity contribution in [2.24, 2.45) is 4.99 Å². The van der Waals surface area contributed by atoms with Crippen LogP contribution in [0.15, 0.2) is 59.6 Å². The van der Waals surface area contributed by atoms with Crippen LogP contribution in [0.5, 0.6) is 0 Å². The fraction of sp³-hybridized carbons (Fsp3) is 0.385. The predicted molar refractivity (Wildman–Crippen MR) is 137 cm³/mol. The van der Waals surface area contributed by atoms with Crippen LogP contribution < -0.4 is 26.2 Å². The van der Waals surface area contributed by atoms with Crippen molar-refractivity contribution in [2.45, 2.75) is 31.3 Å². The summed E-state index contributed by atoms with van der Waals surface area (Å²) in [5.74, 6) is -1.26. The number of nitrogens with one attached hydrogen (secondary N) is 4. The predicted octanol–water partition coefficient (Wildman–Crippen LogP) is 1.21. The lowest BCUT2D eigenvalue weighted by Gasteiger charge is -2.35. The maximum absolute atomic E-state index is 12.6. The molecule has 36 heavy (non-hydrogen) atoms. The summed E-state index contributed by atoms with van der Waals surface area (Å²) >= 11 is 0. The number of aliphatic carboxylic acids is 1. The van der Waals surface area contributed by atoms with Crippen molar-refractivity contribution in [3.05, 3.63) is 65.7 Å². The number of amides is 2. The van der Waals surface area contributed by atoms with Gasteiger partial charge in [-0.25, -0.2) is 4.79 Å². The van der Waals surface area contributed by atoms with E-state index in [1.165, 1.54) is 0 Å². The summed E-state index contributed by atoms with van der Waals surface area (Å²) in [6, 6.07) is 14.7. The van der Waals surface area contributed by atoms with Crippen molar-refractivity contribution in [2.75, 3.05) is 37.6 Å². The van der Waals surface area contributed by atoms with Gasteiger partial charge in [0, 0.05) is 55.6 Å². The maximum atomic E-state index is 12.6. The molecule has 2 aromatic rings. The van der Waals surface area contributed by atoms with E-state index in [9.17, 15) is 19.5 Å². The number of carboxylic acid groups (broad SMARTS) is 1. The summed E-state index contributed by atoms with van der Waals surface area (Å²) < 4.78 is 0. The standard InChI is InChI=1S/C26H32N6O4/c33-23(29-16-22(25(35)36)31-24(34)18-6-2-1-3-7-18)19-9-11-21(12-10-19)32-15-4-8-20(17-32)30-26-27-13-5-14-28-26/h1-3,6-7,9-12,20,22H,4-5,8,13-17H2,(H,29,33)(H,31,34)(H,35,36)(H2,27,28,30). The fourth-order valence-electron chi connectivity index (χ4n) is 4.30. The molecule has 0 aliphatic carbocycles. The highest BCUT2D eigenvalue weighted by atomic mass is 16.4. The molecule has 0 bridgehead atoms. The van der Waals surface area contributed by atoms with Gasteiger partial charge in [-0.2, -0.15) is 0 Å². The van der Waals surface area contributed by atoms with Crippen LogP contribution in [0.25, 0.3) is 0 Å². The molecule has 1 saturated heterocycles. The van der Waals surface area contributed by atoms with Crippen LogP contribution >= 0.6 is 0 Å². The number of carbonyl (C=O) groups excluding carboxylic acids is 2. The number of carboxylic acids is 1. The van der Waals surface area contributed by atoms with Crippen LogP contribution in [-0.4, -0.2) is 73.7 Å². The van der Waals surface area contributed by atoms with Crippen LogP contribution in [0.2, 0.25) is 0 Å². The topological polar surface area (TPSA) is 135 Å². The lowest BCUT2D eigenvalue weighted by Crippen LogP contribution is -2.52. The SMILES string of the molecule is O=C(NCC(NC(=O)c1ccccc1)C(=O)O)c1ccc(N2CCCC(NC3=NCCCN3)C2)cc1. The summed E-state index contributed by atoms with van der Waals surface area (Å²) in [5, 5.41) is 21.3. The summed E-state index contributed by atoms with van der Waals surface area (Å²) in [6.07, 6.45) is 3.18. The number of guanidine groups is 1. The minimum absolute atomic E-state index is 0.230. The highest BCUT2D eigenvalue weighted by Gasteiger charge is 2.23. The van der Waals surface area contributed by atoms with Gasteiger partial charge in [-0.3, -0.25) is 14.6 Å². The Labute approximate surface area is 210 Å². The van der Waals surface area contributed by atoms with Gasteiger partial charge in [-0.15, -0.1) is 0 Å². The number of benzene rings is 2. The average Bonchev–Trinajstić information content (AvgIpc) is 2.92. The molecule has 0 radical (unpaired) electrons. The quantitative estimate of drug-likeness (QED) is 0.374. The lowest BCUT2D eigenvalue weighted by molar-refractivity contribution is -0.139. The van der Waals surface area contributed by atoms with Crippen LogP contribution in [0, 0.1) is 0 Å². The number of hydrogen-bond donors (Lipinski definition) is 5. The third-order valence-corrected chi connectivity index (χ3v) is 6.26. The number of rotatable bonds is 8. The van der Waals surface area contributed by atoms with Gasteiger partial charge in [0.15, 0.2) is 5.96 Å². The molecule has 2 aliphatic rings. The zero-order valence-corrected chi connectivity index (χ0v) is 20.1. The number of carbonyl (C=O) groups is 3. The highest BCUT2D eigenvalue weighted by Crippen LogP contribution is 2.21. The van der Waals surface area contributed by atoms with E-state index in [1.54, 1.807) is 42.5 Å². The molecule has 4 rings (SSSR count). The maximum Gasteiger partial charge on any atom is 0.328 e. The molecule has 10 nitrogen and oxygen atoms in total. The normalized spacial score (nSPS) is 18.3. The summed E-state index contributed by atoms with van der Waals surface area (Å²) in [7, 11) is 0. The molecular formula is C26H32N6O4. The van der Waals surface area contributed by atoms with E-state index in [0.29, 0.717) is 17.2 Å². The van der Waals surface area contributed by atoms with Gasteiger partial charge < -0.3 is 31.3 Å². The van der Waals surface area contributed by atoms with Gasteiger partial charge in [0.2, 0.25) is 0 Å². The third-order valence-electron chi connectivity index (χ3n) is 6.26. The van der Waals surface area contributed by atoms with Crippen molar-refractivity contribution in [3.8, 4) is 0 Å². The average molecular weight is 493 g/mol. The Hall–Kier alpha value is -4.08. The first-order valence-electron chi connectivity index (χ1n) is 12.3. The molecule has 0 aromatic heterocycles. The van der Waals surface area contributed by atoms with Crippen molar-refractivity contribution >= 4 is 29.4 Å². The molecule has 2 heterocycles. The molecule has 2 aliphatic heterocycles. The van der Waals surface area contributed by atoms with Gasteiger partial charge in [0.1, 0.15) is 6.04 Å². The van der Waals surface area contributed by atoms with E-state index in [4.69, 9.17) is 0 Å². The van der Waals surface area contributed by atoms with Crippen molar-refractivity contribution in [1.29, 1.82) is 0 Å². The van der Waals surface area contributed by atoms with Crippen molar-refractivity contribution in [3.63, 3.8) is 0 Å². The van der Waals surface area contributed by atoms with Crippen LogP contribution in [0.1, 0.15) is 40.0 Å². The molecule has 0 spiro atoms. The molecular weight excluding hydrogens is 460 g/mol. The fourth-order valence-corrected chi connectivity index (χ4v) is 4.30. The number of piperidine rings is 1. The molecule has 10 heteroatoms. The van der Waals surface area contributed by atoms with Gasteiger partial charge >= 0.3 is 5.97 Å². The van der Waals surface area contributed by atoms with Gasteiger partial charge in [0.05, 0.1) is 0 Å².